The first-order valence-corrected chi connectivity index (χ1v) is 21.3. The first-order valence-electron chi connectivity index (χ1n) is 21.3. The lowest BCUT2D eigenvalue weighted by atomic mass is 9.72. The molecule has 2 saturated carbocycles. The lowest BCUT2D eigenvalue weighted by Gasteiger charge is -2.33. The first-order chi connectivity index (χ1) is 22.3. The fourth-order valence-electron chi connectivity index (χ4n) is 5.80. The summed E-state index contributed by atoms with van der Waals surface area (Å²) in [5.74, 6) is 2.98. The topological polar surface area (TPSA) is 0 Å². The lowest BCUT2D eigenvalue weighted by molar-refractivity contribution is 0.180. The summed E-state index contributed by atoms with van der Waals surface area (Å²) in [7, 11) is 0. The fraction of sp³-hybridized carbons (Fsp3) is 0.880. The van der Waals surface area contributed by atoms with E-state index in [1.54, 1.807) is 0 Å². The van der Waals surface area contributed by atoms with Gasteiger partial charge in [0.25, 0.3) is 0 Å². The van der Waals surface area contributed by atoms with Crippen molar-refractivity contribution in [3.8, 4) is 0 Å². The van der Waals surface area contributed by atoms with Crippen LogP contribution >= 0.6 is 0 Å². The van der Waals surface area contributed by atoms with E-state index in [-0.39, 0.29) is 0 Å². The molecule has 1 aromatic rings. The molecular formula is C50H98. The maximum absolute atomic E-state index is 2.38. The van der Waals surface area contributed by atoms with Crippen LogP contribution in [0.15, 0.2) is 24.3 Å². The third kappa shape index (κ3) is 40.0. The molecule has 0 aromatic heterocycles. The van der Waals surface area contributed by atoms with Crippen molar-refractivity contribution in [1.29, 1.82) is 0 Å². The largest absolute Gasteiger partial charge is 0.0628 e. The maximum Gasteiger partial charge on any atom is -0.0230 e. The van der Waals surface area contributed by atoms with Crippen LogP contribution in [0.25, 0.3) is 0 Å². The molecule has 0 heterocycles. The molecule has 0 N–H and O–H groups in total. The molecule has 0 atom stereocenters. The van der Waals surface area contributed by atoms with Gasteiger partial charge in [-0.2, -0.15) is 0 Å². The van der Waals surface area contributed by atoms with E-state index in [9.17, 15) is 0 Å². The summed E-state index contributed by atoms with van der Waals surface area (Å²) in [6, 6.07) is 8.81. The Hall–Kier alpha value is -0.780. The third-order valence-corrected chi connectivity index (χ3v) is 9.78. The van der Waals surface area contributed by atoms with Crippen molar-refractivity contribution < 1.29 is 0 Å². The van der Waals surface area contributed by atoms with Crippen molar-refractivity contribution in [1.82, 2.24) is 0 Å². The van der Waals surface area contributed by atoms with Gasteiger partial charge in [0.05, 0.1) is 0 Å². The van der Waals surface area contributed by atoms with Crippen molar-refractivity contribution >= 4 is 0 Å². The molecule has 298 valence electrons. The fourth-order valence-corrected chi connectivity index (χ4v) is 5.80. The molecule has 0 radical (unpaired) electrons. The molecule has 2 aliphatic carbocycles. The van der Waals surface area contributed by atoms with E-state index < -0.39 is 0 Å². The van der Waals surface area contributed by atoms with Gasteiger partial charge in [-0.25, -0.2) is 0 Å². The van der Waals surface area contributed by atoms with E-state index >= 15 is 0 Å². The minimum absolute atomic E-state index is 0.398. The Morgan fingerprint density at radius 1 is 0.500 bits per heavy atom. The van der Waals surface area contributed by atoms with Crippen LogP contribution in [0.5, 0.6) is 0 Å². The highest BCUT2D eigenvalue weighted by atomic mass is 14.3. The lowest BCUT2D eigenvalue weighted by Crippen LogP contribution is -2.22. The number of benzene rings is 1. The van der Waals surface area contributed by atoms with E-state index in [2.05, 4.69) is 170 Å². The zero-order chi connectivity index (χ0) is 39.6. The van der Waals surface area contributed by atoms with Crippen molar-refractivity contribution in [3.05, 3.63) is 35.4 Å². The van der Waals surface area contributed by atoms with Gasteiger partial charge in [-0.05, 0) is 114 Å². The molecule has 1 aromatic carbocycles. The molecule has 2 aliphatic rings. The van der Waals surface area contributed by atoms with Gasteiger partial charge in [-0.3, -0.25) is 0 Å². The van der Waals surface area contributed by atoms with Crippen LogP contribution in [0.1, 0.15) is 233 Å². The zero-order valence-corrected chi connectivity index (χ0v) is 38.9. The van der Waals surface area contributed by atoms with Gasteiger partial charge >= 0.3 is 0 Å². The maximum atomic E-state index is 2.38. The van der Waals surface area contributed by atoms with Crippen molar-refractivity contribution in [2.24, 2.45) is 50.2 Å². The first kappa shape index (κ1) is 51.3. The second-order valence-electron chi connectivity index (χ2n) is 24.1. The van der Waals surface area contributed by atoms with Crippen molar-refractivity contribution in [2.75, 3.05) is 0 Å². The quantitative estimate of drug-likeness (QED) is 0.277. The molecule has 0 saturated heterocycles. The van der Waals surface area contributed by atoms with Gasteiger partial charge < -0.3 is 0 Å². The van der Waals surface area contributed by atoms with Gasteiger partial charge in [0.2, 0.25) is 0 Å². The minimum atomic E-state index is 0.398. The average Bonchev–Trinajstić information content (AvgIpc) is 3.75. The summed E-state index contributed by atoms with van der Waals surface area (Å²) < 4.78 is 0. The summed E-state index contributed by atoms with van der Waals surface area (Å²) >= 11 is 0. The van der Waals surface area contributed by atoms with Crippen LogP contribution in [-0.2, 0) is 6.42 Å². The van der Waals surface area contributed by atoms with Gasteiger partial charge in [-0.15, -0.1) is 0 Å². The predicted octanol–water partition coefficient (Wildman–Crippen LogP) is 17.7. The van der Waals surface area contributed by atoms with Crippen LogP contribution in [0.2, 0.25) is 0 Å². The zero-order valence-electron chi connectivity index (χ0n) is 38.9. The standard InChI is InChI=1S/C12H18.C10H20.C10H22.C9H18.C9H20/c1-10-5-7-11(8-6-10)9-12(2,3)4;1-10(2,3)9-7-5-4-6-8-9;1-9(2,3)7-8-10(4,5)6;1-9(2,3)7-6-8-4-5-8;1-8(2)6-7-9(3,4)5/h5-8H,9H2,1-4H3;9H,4-8H2,1-3H3;7-8H2,1-6H3;8H,4-7H2,1-3H3;8H,6-7H2,1-5H3. The molecule has 0 nitrogen and oxygen atoms in total. The Morgan fingerprint density at radius 2 is 0.900 bits per heavy atom. The van der Waals surface area contributed by atoms with Gasteiger partial charge in [0.1, 0.15) is 0 Å². The Balaban J connectivity index is 0. The molecule has 50 heavy (non-hydrogen) atoms. The second kappa shape index (κ2) is 23.1. The molecule has 0 amide bonds. The summed E-state index contributed by atoms with van der Waals surface area (Å²) in [6.45, 7) is 48.4. The van der Waals surface area contributed by atoms with Crippen LogP contribution in [0.3, 0.4) is 0 Å². The summed E-state index contributed by atoms with van der Waals surface area (Å²) in [6.07, 6.45) is 19.8. The number of rotatable bonds is 6. The van der Waals surface area contributed by atoms with Gasteiger partial charge in [-0.1, -0.05) is 207 Å². The molecule has 3 rings (SSSR count). The van der Waals surface area contributed by atoms with Crippen molar-refractivity contribution in [2.45, 2.75) is 235 Å². The molecule has 0 unspecified atom stereocenters. The third-order valence-electron chi connectivity index (χ3n) is 9.78. The van der Waals surface area contributed by atoms with E-state index in [1.165, 1.54) is 94.6 Å². The molecule has 2 fully saturated rings. The van der Waals surface area contributed by atoms with E-state index in [0.29, 0.717) is 32.5 Å². The normalized spacial score (nSPS) is 16.1. The molecule has 0 spiro atoms. The van der Waals surface area contributed by atoms with E-state index in [0.717, 1.165) is 24.2 Å². The summed E-state index contributed by atoms with van der Waals surface area (Å²) in [4.78, 5) is 0. The van der Waals surface area contributed by atoms with Crippen LogP contribution in [0.4, 0.5) is 0 Å². The smallest absolute Gasteiger partial charge is 0.0230 e. The molecular weight excluding hydrogens is 601 g/mol. The molecule has 0 bridgehead atoms. The Morgan fingerprint density at radius 3 is 1.16 bits per heavy atom. The molecule has 0 heteroatoms. The van der Waals surface area contributed by atoms with Gasteiger partial charge in [0, 0.05) is 0 Å². The summed E-state index contributed by atoms with van der Waals surface area (Å²) in [5, 5.41) is 0. The Bertz CT molecular complexity index is 891. The number of hydrogen-bond donors (Lipinski definition) is 0. The van der Waals surface area contributed by atoms with E-state index in [1.807, 2.05) is 0 Å². The highest BCUT2D eigenvalue weighted by Gasteiger charge is 2.25. The summed E-state index contributed by atoms with van der Waals surface area (Å²) in [5.41, 5.74) is 5.86. The number of hydrogen-bond acceptors (Lipinski definition) is 0. The van der Waals surface area contributed by atoms with Crippen LogP contribution in [-0.4, -0.2) is 0 Å². The Kier molecular flexibility index (Phi) is 23.7. The minimum Gasteiger partial charge on any atom is -0.0628 e. The highest BCUT2D eigenvalue weighted by Crippen LogP contribution is 2.38. The monoisotopic (exact) mass is 699 g/mol. The highest BCUT2D eigenvalue weighted by molar-refractivity contribution is 5.22. The number of aryl methyl sites for hydroxylation is 1. The molecule has 0 aliphatic heterocycles. The predicted molar refractivity (Wildman–Crippen MR) is 233 cm³/mol. The van der Waals surface area contributed by atoms with Gasteiger partial charge in [0.15, 0.2) is 0 Å². The van der Waals surface area contributed by atoms with Crippen molar-refractivity contribution in [3.63, 3.8) is 0 Å². The Labute approximate surface area is 320 Å². The van der Waals surface area contributed by atoms with E-state index in [4.69, 9.17) is 0 Å². The SMILES string of the molecule is CC(C)(C)C1CCCCC1.CC(C)(C)CCC(C)(C)C.CC(C)(C)CCC1CC1.CC(C)CCC(C)(C)C.Cc1ccc(CC(C)(C)C)cc1. The second-order valence-corrected chi connectivity index (χ2v) is 24.1. The van der Waals surface area contributed by atoms with Crippen LogP contribution in [0, 0.1) is 57.2 Å². The average molecular weight is 699 g/mol. The van der Waals surface area contributed by atoms with Crippen LogP contribution < -0.4 is 0 Å².